The van der Waals surface area contributed by atoms with Crippen molar-refractivity contribution in [3.63, 3.8) is 0 Å². The normalized spacial score (nSPS) is 23.9. The third kappa shape index (κ3) is 4.12. The van der Waals surface area contributed by atoms with E-state index in [9.17, 15) is 0 Å². The molecule has 5 nitrogen and oxygen atoms in total. The van der Waals surface area contributed by atoms with Crippen molar-refractivity contribution in [1.82, 2.24) is 15.5 Å². The van der Waals surface area contributed by atoms with Gasteiger partial charge in [-0.15, -0.1) is 5.10 Å². The van der Waals surface area contributed by atoms with Crippen LogP contribution < -0.4 is 10.6 Å². The third-order valence-corrected chi connectivity index (χ3v) is 4.98. The van der Waals surface area contributed by atoms with Gasteiger partial charge in [0, 0.05) is 11.3 Å². The zero-order chi connectivity index (χ0) is 14.4. The van der Waals surface area contributed by atoms with E-state index in [1.165, 1.54) is 19.3 Å². The minimum absolute atomic E-state index is 0.113. The Bertz CT molecular complexity index is 398. The Kier molecular flexibility index (Phi) is 6.16. The fourth-order valence-corrected chi connectivity index (χ4v) is 3.78. The van der Waals surface area contributed by atoms with E-state index >= 15 is 0 Å². The van der Waals surface area contributed by atoms with E-state index in [0.717, 1.165) is 18.7 Å². The molecule has 3 atom stereocenters. The second-order valence-electron chi connectivity index (χ2n) is 5.30. The number of nitrogens with zero attached hydrogens (tertiary/aromatic N) is 2. The van der Waals surface area contributed by atoms with Gasteiger partial charge in [-0.25, -0.2) is 0 Å². The molecule has 1 saturated carbocycles. The van der Waals surface area contributed by atoms with E-state index in [2.05, 4.69) is 41.6 Å². The molecule has 0 saturated heterocycles. The van der Waals surface area contributed by atoms with Crippen molar-refractivity contribution in [2.45, 2.75) is 63.8 Å². The number of thioether (sulfide) groups is 1. The summed E-state index contributed by atoms with van der Waals surface area (Å²) in [5.41, 5.74) is 0. The number of anilines is 1. The highest BCUT2D eigenvalue weighted by Crippen LogP contribution is 2.32. The molecule has 1 aliphatic carbocycles. The third-order valence-electron chi connectivity index (χ3n) is 3.65. The fourth-order valence-electron chi connectivity index (χ4n) is 2.58. The summed E-state index contributed by atoms with van der Waals surface area (Å²) in [6.45, 7) is 7.38. The van der Waals surface area contributed by atoms with Crippen LogP contribution in [0.2, 0.25) is 0 Å². The zero-order valence-corrected chi connectivity index (χ0v) is 13.5. The lowest BCUT2D eigenvalue weighted by Gasteiger charge is -2.18. The van der Waals surface area contributed by atoms with Crippen LogP contribution in [-0.2, 0) is 0 Å². The number of hydrogen-bond acceptors (Lipinski definition) is 6. The minimum atomic E-state index is 0.113. The summed E-state index contributed by atoms with van der Waals surface area (Å²) in [4.78, 5) is 0. The molecule has 0 amide bonds. The molecule has 2 N–H and O–H groups in total. The standard InChI is InChI=1S/C14H26N4OS/c1-4-9-15-10(3)13-17-18-14(19-13)16-11-7-6-8-12(11)20-5-2/h10-12,15H,4-9H2,1-3H3,(H,16,18). The van der Waals surface area contributed by atoms with Gasteiger partial charge in [0.1, 0.15) is 0 Å². The molecule has 1 aromatic heterocycles. The first-order chi connectivity index (χ1) is 9.74. The van der Waals surface area contributed by atoms with Crippen molar-refractivity contribution >= 4 is 17.8 Å². The minimum Gasteiger partial charge on any atom is -0.406 e. The van der Waals surface area contributed by atoms with Gasteiger partial charge in [0.25, 0.3) is 0 Å². The van der Waals surface area contributed by atoms with Crippen molar-refractivity contribution < 1.29 is 4.42 Å². The summed E-state index contributed by atoms with van der Waals surface area (Å²) in [7, 11) is 0. The van der Waals surface area contributed by atoms with Crippen LogP contribution in [0.25, 0.3) is 0 Å². The van der Waals surface area contributed by atoms with Gasteiger partial charge in [-0.3, -0.25) is 0 Å². The lowest BCUT2D eigenvalue weighted by molar-refractivity contribution is 0.421. The quantitative estimate of drug-likeness (QED) is 0.768. The summed E-state index contributed by atoms with van der Waals surface area (Å²) >= 11 is 2.03. The second-order valence-corrected chi connectivity index (χ2v) is 6.81. The number of nitrogens with one attached hydrogen (secondary N) is 2. The van der Waals surface area contributed by atoms with Crippen LogP contribution in [0.15, 0.2) is 4.42 Å². The molecule has 0 spiro atoms. The van der Waals surface area contributed by atoms with Gasteiger partial charge in [0.05, 0.1) is 6.04 Å². The molecule has 2 rings (SSSR count). The van der Waals surface area contributed by atoms with Crippen LogP contribution in [0, 0.1) is 0 Å². The lowest BCUT2D eigenvalue weighted by Crippen LogP contribution is -2.26. The maximum Gasteiger partial charge on any atom is 0.315 e. The van der Waals surface area contributed by atoms with Crippen molar-refractivity contribution in [1.29, 1.82) is 0 Å². The molecule has 0 bridgehead atoms. The molecule has 3 unspecified atom stereocenters. The SMILES string of the molecule is CCCNC(C)c1nnc(NC2CCCC2SCC)o1. The predicted molar refractivity (Wildman–Crippen MR) is 84.2 cm³/mol. The van der Waals surface area contributed by atoms with Crippen molar-refractivity contribution in [2.24, 2.45) is 0 Å². The first kappa shape index (κ1) is 15.6. The van der Waals surface area contributed by atoms with E-state index in [-0.39, 0.29) is 6.04 Å². The number of hydrogen-bond donors (Lipinski definition) is 2. The number of aromatic nitrogens is 2. The molecule has 1 fully saturated rings. The Morgan fingerprint density at radius 3 is 2.95 bits per heavy atom. The van der Waals surface area contributed by atoms with E-state index < -0.39 is 0 Å². The summed E-state index contributed by atoms with van der Waals surface area (Å²) in [5, 5.41) is 15.7. The molecule has 0 radical (unpaired) electrons. The summed E-state index contributed by atoms with van der Waals surface area (Å²) in [6, 6.07) is 1.15. The van der Waals surface area contributed by atoms with E-state index in [1.807, 2.05) is 11.8 Å². The summed E-state index contributed by atoms with van der Waals surface area (Å²) in [6.07, 6.45) is 4.86. The first-order valence-corrected chi connectivity index (χ1v) is 8.74. The average molecular weight is 298 g/mol. The molecular formula is C14H26N4OS. The molecule has 1 heterocycles. The fraction of sp³-hybridized carbons (Fsp3) is 0.857. The maximum absolute atomic E-state index is 5.73. The molecule has 114 valence electrons. The molecule has 20 heavy (non-hydrogen) atoms. The van der Waals surface area contributed by atoms with Crippen LogP contribution in [0.1, 0.15) is 58.4 Å². The van der Waals surface area contributed by atoms with Crippen LogP contribution in [0.3, 0.4) is 0 Å². The van der Waals surface area contributed by atoms with Crippen LogP contribution in [0.5, 0.6) is 0 Å². The second kappa shape index (κ2) is 7.88. The Labute approximate surface area is 125 Å². The van der Waals surface area contributed by atoms with Crippen LogP contribution >= 0.6 is 11.8 Å². The topological polar surface area (TPSA) is 63.0 Å². The van der Waals surface area contributed by atoms with Crippen LogP contribution in [-0.4, -0.2) is 33.8 Å². The van der Waals surface area contributed by atoms with Gasteiger partial charge in [-0.2, -0.15) is 11.8 Å². The molecule has 1 aliphatic rings. The largest absolute Gasteiger partial charge is 0.406 e. The predicted octanol–water partition coefficient (Wildman–Crippen LogP) is 3.22. The molecule has 0 aliphatic heterocycles. The smallest absolute Gasteiger partial charge is 0.315 e. The van der Waals surface area contributed by atoms with Gasteiger partial charge >= 0.3 is 6.01 Å². The van der Waals surface area contributed by atoms with E-state index in [4.69, 9.17) is 4.42 Å². The number of rotatable bonds is 8. The molecular weight excluding hydrogens is 272 g/mol. The van der Waals surface area contributed by atoms with E-state index in [1.54, 1.807) is 0 Å². The monoisotopic (exact) mass is 298 g/mol. The van der Waals surface area contributed by atoms with Crippen molar-refractivity contribution in [3.8, 4) is 0 Å². The van der Waals surface area contributed by atoms with Gasteiger partial charge < -0.3 is 15.1 Å². The van der Waals surface area contributed by atoms with Gasteiger partial charge in [0.2, 0.25) is 5.89 Å². The zero-order valence-electron chi connectivity index (χ0n) is 12.7. The Balaban J connectivity index is 1.88. The lowest BCUT2D eigenvalue weighted by atomic mass is 10.2. The first-order valence-electron chi connectivity index (χ1n) is 7.69. The maximum atomic E-state index is 5.73. The van der Waals surface area contributed by atoms with Crippen molar-refractivity contribution in [2.75, 3.05) is 17.6 Å². The Morgan fingerprint density at radius 1 is 1.35 bits per heavy atom. The Morgan fingerprint density at radius 2 is 2.20 bits per heavy atom. The van der Waals surface area contributed by atoms with Crippen molar-refractivity contribution in [3.05, 3.63) is 5.89 Å². The van der Waals surface area contributed by atoms with Gasteiger partial charge in [-0.05, 0) is 38.5 Å². The molecule has 0 aromatic carbocycles. The molecule has 1 aromatic rings. The highest BCUT2D eigenvalue weighted by atomic mass is 32.2. The average Bonchev–Trinajstić information content (AvgIpc) is 3.07. The Hall–Kier alpha value is -0.750. The summed E-state index contributed by atoms with van der Waals surface area (Å²) < 4.78 is 5.73. The molecule has 6 heteroatoms. The van der Waals surface area contributed by atoms with E-state index in [0.29, 0.717) is 23.2 Å². The highest BCUT2D eigenvalue weighted by Gasteiger charge is 2.28. The van der Waals surface area contributed by atoms with Gasteiger partial charge in [-0.1, -0.05) is 25.4 Å². The van der Waals surface area contributed by atoms with Crippen LogP contribution in [0.4, 0.5) is 6.01 Å². The summed E-state index contributed by atoms with van der Waals surface area (Å²) in [5.74, 6) is 1.83. The van der Waals surface area contributed by atoms with Gasteiger partial charge in [0.15, 0.2) is 0 Å². The highest BCUT2D eigenvalue weighted by molar-refractivity contribution is 7.99.